The number of carbonyl (C=O) groups is 1. The van der Waals surface area contributed by atoms with Crippen molar-refractivity contribution in [3.8, 4) is 0 Å². The van der Waals surface area contributed by atoms with Crippen LogP contribution in [-0.2, 0) is 0 Å². The van der Waals surface area contributed by atoms with E-state index in [1.807, 2.05) is 55.8 Å². The van der Waals surface area contributed by atoms with Crippen molar-refractivity contribution in [1.82, 2.24) is 0 Å². The molecule has 92 valence electrons. The fourth-order valence-corrected chi connectivity index (χ4v) is 2.04. The first-order valence-electron chi connectivity index (χ1n) is 5.94. The molecule has 0 aliphatic rings. The third kappa shape index (κ3) is 2.56. The Balaban J connectivity index is 2.28. The highest BCUT2D eigenvalue weighted by Gasteiger charge is 2.16. The molecule has 3 heteroatoms. The van der Waals surface area contributed by atoms with Crippen molar-refractivity contribution in [2.24, 2.45) is 0 Å². The van der Waals surface area contributed by atoms with Crippen LogP contribution < -0.4 is 10.1 Å². The number of nitrogens with zero attached hydrogens (tertiary/aromatic N) is 1. The summed E-state index contributed by atoms with van der Waals surface area (Å²) >= 11 is 0. The van der Waals surface area contributed by atoms with Crippen molar-refractivity contribution < 1.29 is 9.47 Å². The molecule has 2 aromatic rings. The molecule has 1 aromatic carbocycles. The first-order chi connectivity index (χ1) is 8.58. The third-order valence-electron chi connectivity index (χ3n) is 2.83. The number of rotatable bonds is 2. The lowest BCUT2D eigenvalue weighted by atomic mass is 10.2. The number of aromatic nitrogens is 1. The molecule has 1 aromatic heterocycles. The van der Waals surface area contributed by atoms with Gasteiger partial charge < -0.3 is 0 Å². The quantitative estimate of drug-likeness (QED) is 0.804. The topological polar surface area (TPSA) is 33.0 Å². The van der Waals surface area contributed by atoms with Gasteiger partial charge in [0.15, 0.2) is 0 Å². The maximum absolute atomic E-state index is 12.1. The average Bonchev–Trinajstić information content (AvgIpc) is 2.34. The standard InChI is InChI=1S/C15H16N2O/c1-11-9-12(2)17(13(3)10-11)16-15(18)14-7-5-4-6-8-14/h4-10H,1-3H3/p+1. The lowest BCUT2D eigenvalue weighted by Crippen LogP contribution is -2.52. The number of pyridine rings is 1. The Labute approximate surface area is 107 Å². The summed E-state index contributed by atoms with van der Waals surface area (Å²) in [5.74, 6) is -0.101. The smallest absolute Gasteiger partial charge is 0.264 e. The molecule has 0 unspecified atom stereocenters. The van der Waals surface area contributed by atoms with Crippen molar-refractivity contribution in [3.05, 3.63) is 65.0 Å². The van der Waals surface area contributed by atoms with E-state index < -0.39 is 0 Å². The van der Waals surface area contributed by atoms with Crippen molar-refractivity contribution in [3.63, 3.8) is 0 Å². The maximum Gasteiger partial charge on any atom is 0.305 e. The lowest BCUT2D eigenvalue weighted by molar-refractivity contribution is -0.654. The van der Waals surface area contributed by atoms with E-state index >= 15 is 0 Å². The lowest BCUT2D eigenvalue weighted by Gasteiger charge is -2.05. The van der Waals surface area contributed by atoms with E-state index in [2.05, 4.69) is 5.43 Å². The van der Waals surface area contributed by atoms with Crippen LogP contribution in [0.2, 0.25) is 0 Å². The Morgan fingerprint density at radius 1 is 1.00 bits per heavy atom. The zero-order valence-corrected chi connectivity index (χ0v) is 10.9. The summed E-state index contributed by atoms with van der Waals surface area (Å²) in [7, 11) is 0. The Kier molecular flexibility index (Phi) is 3.42. The van der Waals surface area contributed by atoms with Crippen LogP contribution in [-0.4, -0.2) is 5.91 Å². The van der Waals surface area contributed by atoms with Crippen LogP contribution in [0.1, 0.15) is 27.3 Å². The maximum atomic E-state index is 12.1. The zero-order valence-electron chi connectivity index (χ0n) is 10.9. The van der Waals surface area contributed by atoms with Gasteiger partial charge in [0.1, 0.15) is 0 Å². The van der Waals surface area contributed by atoms with E-state index in [1.165, 1.54) is 5.56 Å². The Hall–Kier alpha value is -2.16. The van der Waals surface area contributed by atoms with Gasteiger partial charge in [-0.25, -0.2) is 0 Å². The molecule has 0 aliphatic carbocycles. The molecule has 0 saturated heterocycles. The fourth-order valence-electron chi connectivity index (χ4n) is 2.04. The highest BCUT2D eigenvalue weighted by molar-refractivity contribution is 5.98. The second-order valence-electron chi connectivity index (χ2n) is 4.46. The molecule has 1 amide bonds. The first kappa shape index (κ1) is 12.3. The molecule has 18 heavy (non-hydrogen) atoms. The third-order valence-corrected chi connectivity index (χ3v) is 2.83. The van der Waals surface area contributed by atoms with Crippen molar-refractivity contribution >= 4 is 5.91 Å². The van der Waals surface area contributed by atoms with Gasteiger partial charge in [0.05, 0.1) is 0 Å². The molecular weight excluding hydrogens is 224 g/mol. The van der Waals surface area contributed by atoms with Crippen LogP contribution in [0.3, 0.4) is 0 Å². The monoisotopic (exact) mass is 241 g/mol. The molecule has 0 saturated carbocycles. The summed E-state index contributed by atoms with van der Waals surface area (Å²) in [5, 5.41) is 0. The van der Waals surface area contributed by atoms with Crippen molar-refractivity contribution in [2.75, 3.05) is 5.43 Å². The highest BCUT2D eigenvalue weighted by atomic mass is 16.2. The second-order valence-corrected chi connectivity index (χ2v) is 4.46. The molecule has 1 heterocycles. The van der Waals surface area contributed by atoms with Gasteiger partial charge in [-0.3, -0.25) is 4.79 Å². The average molecular weight is 241 g/mol. The van der Waals surface area contributed by atoms with Crippen LogP contribution in [0.4, 0.5) is 0 Å². The van der Waals surface area contributed by atoms with Crippen LogP contribution in [0, 0.1) is 20.8 Å². The van der Waals surface area contributed by atoms with Gasteiger partial charge >= 0.3 is 5.91 Å². The molecule has 0 spiro atoms. The molecule has 2 rings (SSSR count). The summed E-state index contributed by atoms with van der Waals surface area (Å²) in [5.41, 5.74) is 6.77. The van der Waals surface area contributed by atoms with Gasteiger partial charge in [0.2, 0.25) is 11.4 Å². The van der Waals surface area contributed by atoms with Crippen molar-refractivity contribution in [1.29, 1.82) is 0 Å². The number of amides is 1. The minimum absolute atomic E-state index is 0.101. The number of carbonyl (C=O) groups excluding carboxylic acids is 1. The number of nitrogens with one attached hydrogen (secondary N) is 1. The molecule has 0 atom stereocenters. The fraction of sp³-hybridized carbons (Fsp3) is 0.200. The van der Waals surface area contributed by atoms with Gasteiger partial charge in [-0.1, -0.05) is 22.9 Å². The van der Waals surface area contributed by atoms with Crippen LogP contribution in [0.5, 0.6) is 0 Å². The first-order valence-corrected chi connectivity index (χ1v) is 5.94. The van der Waals surface area contributed by atoms with Gasteiger partial charge in [-0.2, -0.15) is 0 Å². The van der Waals surface area contributed by atoms with Gasteiger partial charge in [-0.05, 0) is 24.6 Å². The number of hydrogen-bond donors (Lipinski definition) is 1. The number of benzene rings is 1. The summed E-state index contributed by atoms with van der Waals surface area (Å²) in [4.78, 5) is 12.1. The summed E-state index contributed by atoms with van der Waals surface area (Å²) in [6, 6.07) is 13.3. The highest BCUT2D eigenvalue weighted by Crippen LogP contribution is 2.02. The molecule has 0 fully saturated rings. The minimum atomic E-state index is -0.101. The molecule has 3 nitrogen and oxygen atoms in total. The van der Waals surface area contributed by atoms with Crippen LogP contribution in [0.25, 0.3) is 0 Å². The molecule has 0 bridgehead atoms. The Morgan fingerprint density at radius 2 is 1.56 bits per heavy atom. The summed E-state index contributed by atoms with van der Waals surface area (Å²) < 4.78 is 1.81. The molecule has 1 N–H and O–H groups in total. The Bertz CT molecular complexity index is 553. The van der Waals surface area contributed by atoms with E-state index in [1.54, 1.807) is 12.1 Å². The van der Waals surface area contributed by atoms with Gasteiger partial charge in [-0.15, -0.1) is 5.43 Å². The number of hydrogen-bond acceptors (Lipinski definition) is 1. The summed E-state index contributed by atoms with van der Waals surface area (Å²) in [6.07, 6.45) is 0. The van der Waals surface area contributed by atoms with Gasteiger partial charge in [0, 0.05) is 31.5 Å². The zero-order chi connectivity index (χ0) is 13.1. The van der Waals surface area contributed by atoms with Crippen LogP contribution >= 0.6 is 0 Å². The van der Waals surface area contributed by atoms with E-state index in [-0.39, 0.29) is 5.91 Å². The molecule has 0 aliphatic heterocycles. The predicted molar refractivity (Wildman–Crippen MR) is 71.0 cm³/mol. The van der Waals surface area contributed by atoms with Crippen molar-refractivity contribution in [2.45, 2.75) is 20.8 Å². The molecular formula is C15H17N2O+. The summed E-state index contributed by atoms with van der Waals surface area (Å²) in [6.45, 7) is 6.00. The van der Waals surface area contributed by atoms with Gasteiger partial charge in [0.25, 0.3) is 0 Å². The SMILES string of the molecule is Cc1cc(C)[n+](NC(=O)c2ccccc2)c(C)c1. The second kappa shape index (κ2) is 5.00. The molecule has 0 radical (unpaired) electrons. The number of aryl methyl sites for hydroxylation is 3. The van der Waals surface area contributed by atoms with E-state index in [9.17, 15) is 4.79 Å². The largest absolute Gasteiger partial charge is 0.305 e. The Morgan fingerprint density at radius 3 is 2.11 bits per heavy atom. The predicted octanol–water partition coefficient (Wildman–Crippen LogP) is 2.28. The minimum Gasteiger partial charge on any atom is -0.264 e. The van der Waals surface area contributed by atoms with Crippen LogP contribution in [0.15, 0.2) is 42.5 Å². The normalized spacial score (nSPS) is 10.2. The van der Waals surface area contributed by atoms with E-state index in [0.717, 1.165) is 11.4 Å². The van der Waals surface area contributed by atoms with E-state index in [4.69, 9.17) is 0 Å². The van der Waals surface area contributed by atoms with E-state index in [0.29, 0.717) is 5.56 Å².